The lowest BCUT2D eigenvalue weighted by Gasteiger charge is -2.31. The summed E-state index contributed by atoms with van der Waals surface area (Å²) < 4.78 is 64.2. The molecular formula is C19H25F3N2O3S. The second kappa shape index (κ2) is 8.31. The molecular weight excluding hydrogens is 393 g/mol. The summed E-state index contributed by atoms with van der Waals surface area (Å²) in [6, 6.07) is 3.24. The van der Waals surface area contributed by atoms with Gasteiger partial charge in [0.25, 0.3) is 0 Å². The van der Waals surface area contributed by atoms with E-state index >= 15 is 0 Å². The van der Waals surface area contributed by atoms with Crippen LogP contribution in [-0.4, -0.2) is 38.4 Å². The van der Waals surface area contributed by atoms with Gasteiger partial charge in [-0.05, 0) is 50.3 Å². The van der Waals surface area contributed by atoms with Crippen LogP contribution in [0, 0.1) is 0 Å². The zero-order valence-electron chi connectivity index (χ0n) is 15.6. The number of halogens is 3. The van der Waals surface area contributed by atoms with Crippen molar-refractivity contribution in [3.8, 4) is 0 Å². The summed E-state index contributed by atoms with van der Waals surface area (Å²) >= 11 is 0. The quantitative estimate of drug-likeness (QED) is 0.785. The molecule has 1 saturated carbocycles. The first kappa shape index (κ1) is 21.0. The van der Waals surface area contributed by atoms with Crippen LogP contribution in [0.1, 0.15) is 50.5 Å². The number of nitrogens with zero attached hydrogens (tertiary/aromatic N) is 1. The molecule has 1 N–H and O–H groups in total. The molecule has 5 nitrogen and oxygen atoms in total. The van der Waals surface area contributed by atoms with Gasteiger partial charge in [0.2, 0.25) is 5.91 Å². The number of rotatable bonds is 5. The smallest absolute Gasteiger partial charge is 0.370 e. The molecule has 1 saturated heterocycles. The van der Waals surface area contributed by atoms with Gasteiger partial charge in [-0.3, -0.25) is 4.79 Å². The molecule has 2 aliphatic rings. The lowest BCUT2D eigenvalue weighted by atomic mass is 10.1. The van der Waals surface area contributed by atoms with Crippen molar-refractivity contribution >= 4 is 27.1 Å². The first-order valence-corrected chi connectivity index (χ1v) is 11.4. The second-order valence-corrected chi connectivity index (χ2v) is 9.82. The van der Waals surface area contributed by atoms with Crippen molar-refractivity contribution in [3.05, 3.63) is 23.8 Å². The zero-order chi connectivity index (χ0) is 20.4. The maximum Gasteiger partial charge on any atom is 0.416 e. The number of anilines is 2. The minimum atomic E-state index is -4.55. The van der Waals surface area contributed by atoms with Crippen LogP contribution in [0.4, 0.5) is 24.5 Å². The first-order chi connectivity index (χ1) is 13.2. The Morgan fingerprint density at radius 1 is 1.07 bits per heavy atom. The first-order valence-electron chi connectivity index (χ1n) is 9.64. The highest BCUT2D eigenvalue weighted by atomic mass is 32.2. The Kier molecular flexibility index (Phi) is 6.21. The maximum atomic E-state index is 13.1. The number of hydrogen-bond donors (Lipinski definition) is 1. The van der Waals surface area contributed by atoms with E-state index in [2.05, 4.69) is 5.32 Å². The Balaban J connectivity index is 1.82. The Labute approximate surface area is 163 Å². The predicted molar refractivity (Wildman–Crippen MR) is 102 cm³/mol. The van der Waals surface area contributed by atoms with E-state index in [1.165, 1.54) is 6.07 Å². The SMILES string of the molecule is O=C(CS(=O)(=O)C1CCCC1)Nc1cc(C(F)(F)F)ccc1N1CCCCC1. The molecule has 0 spiro atoms. The molecule has 1 aromatic rings. The minimum absolute atomic E-state index is 0.0170. The van der Waals surface area contributed by atoms with Gasteiger partial charge in [-0.1, -0.05) is 12.8 Å². The number of carbonyl (C=O) groups is 1. The zero-order valence-corrected chi connectivity index (χ0v) is 16.4. The van der Waals surface area contributed by atoms with Crippen LogP contribution in [-0.2, 0) is 20.8 Å². The van der Waals surface area contributed by atoms with Crippen LogP contribution >= 0.6 is 0 Å². The largest absolute Gasteiger partial charge is 0.416 e. The Hall–Kier alpha value is -1.77. The average Bonchev–Trinajstić information content (AvgIpc) is 3.17. The summed E-state index contributed by atoms with van der Waals surface area (Å²) in [6.07, 6.45) is 1.07. The number of hydrogen-bond acceptors (Lipinski definition) is 4. The fourth-order valence-electron chi connectivity index (χ4n) is 3.96. The third-order valence-electron chi connectivity index (χ3n) is 5.44. The highest BCUT2D eigenvalue weighted by Crippen LogP contribution is 2.36. The number of nitrogens with one attached hydrogen (secondary N) is 1. The summed E-state index contributed by atoms with van der Waals surface area (Å²) in [5, 5.41) is 1.91. The van der Waals surface area contributed by atoms with Crippen molar-refractivity contribution in [2.75, 3.05) is 29.1 Å². The molecule has 1 aromatic carbocycles. The van der Waals surface area contributed by atoms with Crippen LogP contribution in [0.5, 0.6) is 0 Å². The Morgan fingerprint density at radius 3 is 2.32 bits per heavy atom. The van der Waals surface area contributed by atoms with Crippen molar-refractivity contribution in [2.24, 2.45) is 0 Å². The molecule has 156 valence electrons. The number of benzene rings is 1. The Bertz CT molecular complexity index is 812. The van der Waals surface area contributed by atoms with Gasteiger partial charge in [-0.15, -0.1) is 0 Å². The van der Waals surface area contributed by atoms with Gasteiger partial charge in [-0.2, -0.15) is 13.2 Å². The third kappa shape index (κ3) is 4.98. The van der Waals surface area contributed by atoms with Gasteiger partial charge < -0.3 is 10.2 Å². The second-order valence-electron chi connectivity index (χ2n) is 7.54. The third-order valence-corrected chi connectivity index (χ3v) is 7.59. The minimum Gasteiger partial charge on any atom is -0.370 e. The van der Waals surface area contributed by atoms with Gasteiger partial charge in [0.05, 0.1) is 22.2 Å². The van der Waals surface area contributed by atoms with Gasteiger partial charge in [0, 0.05) is 13.1 Å². The fraction of sp³-hybridized carbons (Fsp3) is 0.632. The predicted octanol–water partition coefficient (Wildman–Crippen LogP) is 3.99. The van der Waals surface area contributed by atoms with E-state index in [0.717, 1.165) is 44.2 Å². The molecule has 28 heavy (non-hydrogen) atoms. The Morgan fingerprint density at radius 2 is 1.71 bits per heavy atom. The topological polar surface area (TPSA) is 66.5 Å². The molecule has 0 unspecified atom stereocenters. The summed E-state index contributed by atoms with van der Waals surface area (Å²) in [6.45, 7) is 1.38. The number of carbonyl (C=O) groups excluding carboxylic acids is 1. The van der Waals surface area contributed by atoms with Crippen LogP contribution in [0.2, 0.25) is 0 Å². The van der Waals surface area contributed by atoms with E-state index in [1.807, 2.05) is 4.90 Å². The standard InChI is InChI=1S/C19H25F3N2O3S/c20-19(21,22)14-8-9-17(24-10-4-1-5-11-24)16(12-14)23-18(25)13-28(26,27)15-6-2-3-7-15/h8-9,12,15H,1-7,10-11,13H2,(H,23,25). The van der Waals surface area contributed by atoms with Gasteiger partial charge in [0.15, 0.2) is 9.84 Å². The number of sulfone groups is 1. The van der Waals surface area contributed by atoms with Crippen LogP contribution in [0.15, 0.2) is 18.2 Å². The van der Waals surface area contributed by atoms with Crippen LogP contribution in [0.25, 0.3) is 0 Å². The van der Waals surface area contributed by atoms with E-state index < -0.39 is 38.5 Å². The van der Waals surface area contributed by atoms with Gasteiger partial charge in [0.1, 0.15) is 5.75 Å². The summed E-state index contributed by atoms with van der Waals surface area (Å²) in [5.41, 5.74) is -0.357. The van der Waals surface area contributed by atoms with E-state index in [4.69, 9.17) is 0 Å². The monoisotopic (exact) mass is 418 g/mol. The lowest BCUT2D eigenvalue weighted by Crippen LogP contribution is -2.32. The number of piperidine rings is 1. The van der Waals surface area contributed by atoms with Crippen molar-refractivity contribution in [1.82, 2.24) is 0 Å². The van der Waals surface area contributed by atoms with E-state index in [-0.39, 0.29) is 5.69 Å². The molecule has 0 atom stereocenters. The molecule has 9 heteroatoms. The average molecular weight is 418 g/mol. The molecule has 1 aliphatic carbocycles. The molecule has 0 aromatic heterocycles. The normalized spacial score (nSPS) is 19.0. The molecule has 0 bridgehead atoms. The highest BCUT2D eigenvalue weighted by Gasteiger charge is 2.33. The van der Waals surface area contributed by atoms with Crippen molar-refractivity contribution in [2.45, 2.75) is 56.4 Å². The fourth-order valence-corrected chi connectivity index (χ4v) is 5.68. The summed E-state index contributed by atoms with van der Waals surface area (Å²) in [4.78, 5) is 14.3. The molecule has 1 amide bonds. The van der Waals surface area contributed by atoms with E-state index in [0.29, 0.717) is 31.6 Å². The van der Waals surface area contributed by atoms with Crippen molar-refractivity contribution < 1.29 is 26.4 Å². The van der Waals surface area contributed by atoms with Gasteiger partial charge in [-0.25, -0.2) is 8.42 Å². The van der Waals surface area contributed by atoms with Gasteiger partial charge >= 0.3 is 6.18 Å². The maximum absolute atomic E-state index is 13.1. The number of alkyl halides is 3. The molecule has 2 fully saturated rings. The molecule has 0 radical (unpaired) electrons. The lowest BCUT2D eigenvalue weighted by molar-refractivity contribution is -0.137. The van der Waals surface area contributed by atoms with Crippen LogP contribution < -0.4 is 10.2 Å². The van der Waals surface area contributed by atoms with Crippen molar-refractivity contribution in [3.63, 3.8) is 0 Å². The summed E-state index contributed by atoms with van der Waals surface area (Å²) in [7, 11) is -3.60. The summed E-state index contributed by atoms with van der Waals surface area (Å²) in [5.74, 6) is -1.49. The van der Waals surface area contributed by atoms with E-state index in [1.54, 1.807) is 0 Å². The molecule has 1 aliphatic heterocycles. The van der Waals surface area contributed by atoms with Crippen LogP contribution in [0.3, 0.4) is 0 Å². The molecule has 3 rings (SSSR count). The van der Waals surface area contributed by atoms with E-state index in [9.17, 15) is 26.4 Å². The molecule has 1 heterocycles. The van der Waals surface area contributed by atoms with Crippen molar-refractivity contribution in [1.29, 1.82) is 0 Å². The highest BCUT2D eigenvalue weighted by molar-refractivity contribution is 7.92. The number of amides is 1.